The lowest BCUT2D eigenvalue weighted by Crippen LogP contribution is -2.19. The minimum atomic E-state index is -0.0271. The molecule has 0 amide bonds. The summed E-state index contributed by atoms with van der Waals surface area (Å²) in [6, 6.07) is 15.7. The molecule has 1 N–H and O–H groups in total. The molecule has 1 unspecified atom stereocenters. The highest BCUT2D eigenvalue weighted by Crippen LogP contribution is 2.23. The first-order valence-corrected chi connectivity index (χ1v) is 7.25. The maximum absolute atomic E-state index is 6.03. The Hall–Kier alpha value is -1.55. The molecular formula is C17H20ClNO2. The van der Waals surface area contributed by atoms with E-state index in [4.69, 9.17) is 21.1 Å². The molecule has 0 saturated heterocycles. The molecule has 0 aliphatic carbocycles. The molecule has 1 atom stereocenters. The number of rotatable bonds is 7. The van der Waals surface area contributed by atoms with Gasteiger partial charge in [0.25, 0.3) is 0 Å². The van der Waals surface area contributed by atoms with Gasteiger partial charge < -0.3 is 14.8 Å². The highest BCUT2D eigenvalue weighted by atomic mass is 35.5. The summed E-state index contributed by atoms with van der Waals surface area (Å²) in [5.74, 6) is 0.837. The Balaban J connectivity index is 2.05. The van der Waals surface area contributed by atoms with Gasteiger partial charge in [0.2, 0.25) is 0 Å². The molecule has 0 aliphatic rings. The van der Waals surface area contributed by atoms with E-state index in [-0.39, 0.29) is 6.10 Å². The summed E-state index contributed by atoms with van der Waals surface area (Å²) in [5, 5.41) is 3.90. The Morgan fingerprint density at radius 3 is 2.57 bits per heavy atom. The average Bonchev–Trinajstić information content (AvgIpc) is 2.53. The van der Waals surface area contributed by atoms with E-state index < -0.39 is 0 Å². The molecule has 2 aromatic rings. The summed E-state index contributed by atoms with van der Waals surface area (Å²) in [6.45, 7) is 1.28. The predicted octanol–water partition coefficient (Wildman–Crippen LogP) is 3.83. The number of methoxy groups -OCH3 is 1. The fourth-order valence-corrected chi connectivity index (χ4v) is 2.20. The van der Waals surface area contributed by atoms with Crippen molar-refractivity contribution in [3.8, 4) is 5.75 Å². The van der Waals surface area contributed by atoms with Crippen LogP contribution in [0.15, 0.2) is 48.5 Å². The van der Waals surface area contributed by atoms with E-state index in [1.165, 1.54) is 0 Å². The zero-order valence-electron chi connectivity index (χ0n) is 12.3. The van der Waals surface area contributed by atoms with Gasteiger partial charge in [0.15, 0.2) is 0 Å². The molecule has 0 spiro atoms. The van der Waals surface area contributed by atoms with Crippen molar-refractivity contribution in [2.24, 2.45) is 0 Å². The third-order valence-corrected chi connectivity index (χ3v) is 3.47. The van der Waals surface area contributed by atoms with Crippen molar-refractivity contribution in [3.63, 3.8) is 0 Å². The molecule has 0 heterocycles. The first-order chi connectivity index (χ1) is 10.2. The highest BCUT2D eigenvalue weighted by molar-refractivity contribution is 6.30. The number of halogens is 1. The van der Waals surface area contributed by atoms with E-state index in [9.17, 15) is 0 Å². The Labute approximate surface area is 130 Å². The Kier molecular flexibility index (Phi) is 6.05. The molecule has 0 aromatic heterocycles. The standard InChI is InChI=1S/C17H20ClNO2/c1-19-11-17(14-4-3-5-16(10-14)20-2)21-12-13-6-8-15(18)9-7-13/h3-10,17,19H,11-12H2,1-2H3. The predicted molar refractivity (Wildman–Crippen MR) is 85.9 cm³/mol. The van der Waals surface area contributed by atoms with Gasteiger partial charge in [-0.15, -0.1) is 0 Å². The Bertz CT molecular complexity index is 557. The molecule has 2 rings (SSSR count). The molecule has 0 bridgehead atoms. The fraction of sp³-hybridized carbons (Fsp3) is 0.294. The molecule has 0 radical (unpaired) electrons. The third kappa shape index (κ3) is 4.74. The summed E-state index contributed by atoms with van der Waals surface area (Å²) in [6.07, 6.45) is -0.0271. The number of nitrogens with one attached hydrogen (secondary N) is 1. The van der Waals surface area contributed by atoms with Crippen LogP contribution in [0.4, 0.5) is 0 Å². The molecule has 21 heavy (non-hydrogen) atoms. The largest absolute Gasteiger partial charge is 0.497 e. The van der Waals surface area contributed by atoms with Crippen molar-refractivity contribution in [3.05, 3.63) is 64.7 Å². The van der Waals surface area contributed by atoms with Crippen molar-refractivity contribution in [2.45, 2.75) is 12.7 Å². The molecule has 3 nitrogen and oxygen atoms in total. The first kappa shape index (κ1) is 15.8. The molecule has 4 heteroatoms. The van der Waals surface area contributed by atoms with E-state index >= 15 is 0 Å². The van der Waals surface area contributed by atoms with Gasteiger partial charge in [0.1, 0.15) is 5.75 Å². The molecule has 0 saturated carbocycles. The molecule has 112 valence electrons. The van der Waals surface area contributed by atoms with E-state index in [1.807, 2.05) is 55.6 Å². The van der Waals surface area contributed by atoms with Gasteiger partial charge >= 0.3 is 0 Å². The highest BCUT2D eigenvalue weighted by Gasteiger charge is 2.12. The van der Waals surface area contributed by atoms with Gasteiger partial charge in [0.05, 0.1) is 19.8 Å². The lowest BCUT2D eigenvalue weighted by Gasteiger charge is -2.19. The maximum atomic E-state index is 6.03. The van der Waals surface area contributed by atoms with Crippen molar-refractivity contribution in [1.82, 2.24) is 5.32 Å². The second kappa shape index (κ2) is 8.03. The molecule has 2 aromatic carbocycles. The van der Waals surface area contributed by atoms with Crippen LogP contribution in [0.5, 0.6) is 5.75 Å². The van der Waals surface area contributed by atoms with E-state index in [0.29, 0.717) is 6.61 Å². The fourth-order valence-electron chi connectivity index (χ4n) is 2.08. The number of hydrogen-bond donors (Lipinski definition) is 1. The third-order valence-electron chi connectivity index (χ3n) is 3.22. The van der Waals surface area contributed by atoms with Gasteiger partial charge in [-0.1, -0.05) is 35.9 Å². The zero-order chi connectivity index (χ0) is 15.1. The van der Waals surface area contributed by atoms with Crippen LogP contribution in [0.2, 0.25) is 5.02 Å². The van der Waals surface area contributed by atoms with Crippen LogP contribution in [0.3, 0.4) is 0 Å². The molecule has 0 aliphatic heterocycles. The van der Waals surface area contributed by atoms with Gasteiger partial charge in [-0.2, -0.15) is 0 Å². The normalized spacial score (nSPS) is 12.1. The lowest BCUT2D eigenvalue weighted by molar-refractivity contribution is 0.0409. The van der Waals surface area contributed by atoms with Gasteiger partial charge in [-0.05, 0) is 42.4 Å². The van der Waals surface area contributed by atoms with E-state index in [2.05, 4.69) is 5.32 Å². The maximum Gasteiger partial charge on any atom is 0.119 e. The summed E-state index contributed by atoms with van der Waals surface area (Å²) < 4.78 is 11.3. The minimum Gasteiger partial charge on any atom is -0.497 e. The second-order valence-electron chi connectivity index (χ2n) is 4.76. The molecular weight excluding hydrogens is 286 g/mol. The van der Waals surface area contributed by atoms with Crippen molar-refractivity contribution in [1.29, 1.82) is 0 Å². The van der Waals surface area contributed by atoms with Crippen LogP contribution >= 0.6 is 11.6 Å². The summed E-state index contributed by atoms with van der Waals surface area (Å²) in [5.41, 5.74) is 2.20. The van der Waals surface area contributed by atoms with E-state index in [1.54, 1.807) is 7.11 Å². The van der Waals surface area contributed by atoms with Gasteiger partial charge in [-0.3, -0.25) is 0 Å². The summed E-state index contributed by atoms with van der Waals surface area (Å²) >= 11 is 5.89. The van der Waals surface area contributed by atoms with Gasteiger partial charge in [0, 0.05) is 11.6 Å². The van der Waals surface area contributed by atoms with Crippen LogP contribution in [0, 0.1) is 0 Å². The topological polar surface area (TPSA) is 30.5 Å². The average molecular weight is 306 g/mol. The van der Waals surface area contributed by atoms with Crippen LogP contribution in [-0.4, -0.2) is 20.7 Å². The number of hydrogen-bond acceptors (Lipinski definition) is 3. The number of benzene rings is 2. The van der Waals surface area contributed by atoms with Crippen molar-refractivity contribution >= 4 is 11.6 Å². The van der Waals surface area contributed by atoms with Crippen molar-refractivity contribution in [2.75, 3.05) is 20.7 Å². The lowest BCUT2D eigenvalue weighted by atomic mass is 10.1. The minimum absolute atomic E-state index is 0.0271. The quantitative estimate of drug-likeness (QED) is 0.843. The van der Waals surface area contributed by atoms with E-state index in [0.717, 1.165) is 28.4 Å². The second-order valence-corrected chi connectivity index (χ2v) is 5.20. The smallest absolute Gasteiger partial charge is 0.119 e. The van der Waals surface area contributed by atoms with Gasteiger partial charge in [-0.25, -0.2) is 0 Å². The zero-order valence-corrected chi connectivity index (χ0v) is 13.1. The summed E-state index contributed by atoms with van der Waals surface area (Å²) in [7, 11) is 3.58. The SMILES string of the molecule is CNCC(OCc1ccc(Cl)cc1)c1cccc(OC)c1. The Morgan fingerprint density at radius 1 is 1.14 bits per heavy atom. The molecule has 0 fully saturated rings. The first-order valence-electron chi connectivity index (χ1n) is 6.87. The number of likely N-dealkylation sites (N-methyl/N-ethyl adjacent to an activating group) is 1. The summed E-state index contributed by atoms with van der Waals surface area (Å²) in [4.78, 5) is 0. The number of ether oxygens (including phenoxy) is 2. The van der Waals surface area contributed by atoms with Crippen LogP contribution in [-0.2, 0) is 11.3 Å². The van der Waals surface area contributed by atoms with Crippen LogP contribution in [0.1, 0.15) is 17.2 Å². The van der Waals surface area contributed by atoms with Crippen LogP contribution in [0.25, 0.3) is 0 Å². The Morgan fingerprint density at radius 2 is 1.90 bits per heavy atom. The van der Waals surface area contributed by atoms with Crippen LogP contribution < -0.4 is 10.1 Å². The monoisotopic (exact) mass is 305 g/mol. The van der Waals surface area contributed by atoms with Crippen molar-refractivity contribution < 1.29 is 9.47 Å².